The molecule has 4 nitrogen and oxygen atoms in total. The first kappa shape index (κ1) is 19.4. The summed E-state index contributed by atoms with van der Waals surface area (Å²) in [4.78, 5) is 16.8. The smallest absolute Gasteiger partial charge is 0.222 e. The Morgan fingerprint density at radius 1 is 1.04 bits per heavy atom. The maximum atomic E-state index is 12.9. The van der Waals surface area contributed by atoms with Crippen LogP contribution in [-0.2, 0) is 17.8 Å². The van der Waals surface area contributed by atoms with E-state index >= 15 is 0 Å². The molecule has 0 atom stereocenters. The van der Waals surface area contributed by atoms with Crippen molar-refractivity contribution in [2.24, 2.45) is 0 Å². The van der Waals surface area contributed by atoms with E-state index < -0.39 is 0 Å². The van der Waals surface area contributed by atoms with Crippen molar-refractivity contribution in [1.82, 2.24) is 9.80 Å². The van der Waals surface area contributed by atoms with Gasteiger partial charge >= 0.3 is 0 Å². The zero-order chi connectivity index (χ0) is 19.1. The van der Waals surface area contributed by atoms with Crippen molar-refractivity contribution in [1.29, 1.82) is 0 Å². The highest BCUT2D eigenvalue weighted by Gasteiger charge is 2.21. The van der Waals surface area contributed by atoms with E-state index in [2.05, 4.69) is 11.0 Å². The molecule has 0 unspecified atom stereocenters. The van der Waals surface area contributed by atoms with Gasteiger partial charge in [0.05, 0.1) is 6.61 Å². The van der Waals surface area contributed by atoms with Gasteiger partial charge in [-0.15, -0.1) is 0 Å². The average Bonchev–Trinajstić information content (AvgIpc) is 2.69. The summed E-state index contributed by atoms with van der Waals surface area (Å²) < 4.78 is 18.7. The molecule has 0 saturated carbocycles. The third kappa shape index (κ3) is 5.54. The van der Waals surface area contributed by atoms with Gasteiger partial charge in [0.1, 0.15) is 11.6 Å². The molecule has 27 heavy (non-hydrogen) atoms. The van der Waals surface area contributed by atoms with Crippen LogP contribution < -0.4 is 4.74 Å². The van der Waals surface area contributed by atoms with Gasteiger partial charge in [0.2, 0.25) is 5.91 Å². The Bertz CT molecular complexity index is 740. The third-order valence-electron chi connectivity index (χ3n) is 4.93. The molecule has 0 N–H and O–H groups in total. The van der Waals surface area contributed by atoms with Gasteiger partial charge in [0.15, 0.2) is 0 Å². The van der Waals surface area contributed by atoms with Gasteiger partial charge in [0, 0.05) is 44.7 Å². The molecule has 1 heterocycles. The number of aryl methyl sites for hydroxylation is 1. The zero-order valence-electron chi connectivity index (χ0n) is 15.9. The first-order chi connectivity index (χ1) is 13.2. The van der Waals surface area contributed by atoms with E-state index in [4.69, 9.17) is 4.74 Å². The largest absolute Gasteiger partial charge is 0.494 e. The molecule has 1 fully saturated rings. The van der Waals surface area contributed by atoms with Gasteiger partial charge in [0.25, 0.3) is 0 Å². The van der Waals surface area contributed by atoms with E-state index in [0.29, 0.717) is 19.4 Å². The van der Waals surface area contributed by atoms with Crippen molar-refractivity contribution >= 4 is 5.91 Å². The van der Waals surface area contributed by atoms with Crippen LogP contribution in [0.15, 0.2) is 48.5 Å². The van der Waals surface area contributed by atoms with E-state index in [9.17, 15) is 9.18 Å². The Labute approximate surface area is 160 Å². The summed E-state index contributed by atoms with van der Waals surface area (Å²) in [5.74, 6) is 0.874. The number of ether oxygens (including phenoxy) is 1. The first-order valence-corrected chi connectivity index (χ1v) is 9.61. The summed E-state index contributed by atoms with van der Waals surface area (Å²) in [6.07, 6.45) is 1.12. The molecule has 5 heteroatoms. The van der Waals surface area contributed by atoms with Crippen LogP contribution in [0.5, 0.6) is 5.75 Å². The number of rotatable bonds is 7. The van der Waals surface area contributed by atoms with Gasteiger partial charge in [-0.05, 0) is 37.1 Å². The van der Waals surface area contributed by atoms with Gasteiger partial charge in [-0.25, -0.2) is 4.39 Å². The number of hydrogen-bond acceptors (Lipinski definition) is 3. The van der Waals surface area contributed by atoms with Crippen LogP contribution in [0.3, 0.4) is 0 Å². The molecule has 0 radical (unpaired) electrons. The predicted molar refractivity (Wildman–Crippen MR) is 104 cm³/mol. The molecular weight excluding hydrogens is 343 g/mol. The fourth-order valence-corrected chi connectivity index (χ4v) is 3.39. The van der Waals surface area contributed by atoms with Gasteiger partial charge in [-0.1, -0.05) is 30.3 Å². The van der Waals surface area contributed by atoms with Gasteiger partial charge in [-0.2, -0.15) is 0 Å². The SMILES string of the molecule is CCOc1ccccc1CN1CCN(C(=O)CCc2ccc(F)cc2)CC1. The molecule has 2 aromatic rings. The Balaban J connectivity index is 1.45. The molecule has 2 aromatic carbocycles. The van der Waals surface area contributed by atoms with Crippen LogP contribution in [0.2, 0.25) is 0 Å². The highest BCUT2D eigenvalue weighted by Crippen LogP contribution is 2.20. The van der Waals surface area contributed by atoms with Crippen molar-refractivity contribution in [3.63, 3.8) is 0 Å². The predicted octanol–water partition coefficient (Wildman–Crippen LogP) is 3.50. The Morgan fingerprint density at radius 2 is 1.74 bits per heavy atom. The van der Waals surface area contributed by atoms with E-state index in [0.717, 1.165) is 44.0 Å². The normalized spacial score (nSPS) is 15.0. The lowest BCUT2D eigenvalue weighted by molar-refractivity contribution is -0.133. The number of carbonyl (C=O) groups excluding carboxylic acids is 1. The molecule has 0 aliphatic carbocycles. The standard InChI is InChI=1S/C22H27FN2O2/c1-2-27-21-6-4-3-5-19(21)17-24-13-15-25(16-14-24)22(26)12-9-18-7-10-20(23)11-8-18/h3-8,10-11H,2,9,12-17H2,1H3. The number of halogens is 1. The van der Waals surface area contributed by atoms with Crippen molar-refractivity contribution < 1.29 is 13.9 Å². The Hall–Kier alpha value is -2.40. The molecule has 0 spiro atoms. The van der Waals surface area contributed by atoms with Crippen molar-refractivity contribution in [3.8, 4) is 5.75 Å². The monoisotopic (exact) mass is 370 g/mol. The maximum Gasteiger partial charge on any atom is 0.222 e. The summed E-state index contributed by atoms with van der Waals surface area (Å²) in [6.45, 7) is 6.72. The minimum atomic E-state index is -0.243. The summed E-state index contributed by atoms with van der Waals surface area (Å²) in [5, 5.41) is 0. The van der Waals surface area contributed by atoms with Crippen molar-refractivity contribution in [2.75, 3.05) is 32.8 Å². The Kier molecular flexibility index (Phi) is 6.82. The maximum absolute atomic E-state index is 12.9. The van der Waals surface area contributed by atoms with E-state index in [1.165, 1.54) is 17.7 Å². The van der Waals surface area contributed by atoms with Crippen LogP contribution in [0.25, 0.3) is 0 Å². The molecule has 1 aliphatic rings. The third-order valence-corrected chi connectivity index (χ3v) is 4.93. The van der Waals surface area contributed by atoms with E-state index in [1.54, 1.807) is 12.1 Å². The number of nitrogens with zero attached hydrogens (tertiary/aromatic N) is 2. The quantitative estimate of drug-likeness (QED) is 0.748. The lowest BCUT2D eigenvalue weighted by Gasteiger charge is -2.35. The fraction of sp³-hybridized carbons (Fsp3) is 0.409. The summed E-state index contributed by atoms with van der Waals surface area (Å²) in [5.41, 5.74) is 2.19. The van der Waals surface area contributed by atoms with Gasteiger partial charge in [-0.3, -0.25) is 9.69 Å². The van der Waals surface area contributed by atoms with Crippen molar-refractivity contribution in [3.05, 3.63) is 65.5 Å². The van der Waals surface area contributed by atoms with Crippen molar-refractivity contribution in [2.45, 2.75) is 26.3 Å². The summed E-state index contributed by atoms with van der Waals surface area (Å²) in [7, 11) is 0. The number of para-hydroxylation sites is 1. The van der Waals surface area contributed by atoms with Crippen LogP contribution in [0, 0.1) is 5.82 Å². The Morgan fingerprint density at radius 3 is 2.44 bits per heavy atom. The molecule has 1 aliphatic heterocycles. The second kappa shape index (κ2) is 9.51. The molecule has 1 amide bonds. The molecule has 3 rings (SSSR count). The average molecular weight is 370 g/mol. The van der Waals surface area contributed by atoms with Crippen LogP contribution in [-0.4, -0.2) is 48.5 Å². The molecule has 0 bridgehead atoms. The number of hydrogen-bond donors (Lipinski definition) is 0. The number of amides is 1. The molecule has 144 valence electrons. The van der Waals surface area contributed by atoms with Crippen LogP contribution >= 0.6 is 0 Å². The van der Waals surface area contributed by atoms with Crippen LogP contribution in [0.4, 0.5) is 4.39 Å². The molecule has 1 saturated heterocycles. The highest BCUT2D eigenvalue weighted by molar-refractivity contribution is 5.76. The topological polar surface area (TPSA) is 32.8 Å². The van der Waals surface area contributed by atoms with Gasteiger partial charge < -0.3 is 9.64 Å². The number of carbonyl (C=O) groups is 1. The lowest BCUT2D eigenvalue weighted by Crippen LogP contribution is -2.48. The molecular formula is C22H27FN2O2. The summed E-state index contributed by atoms with van der Waals surface area (Å²) in [6, 6.07) is 14.5. The number of piperazine rings is 1. The van der Waals surface area contributed by atoms with E-state index in [-0.39, 0.29) is 11.7 Å². The zero-order valence-corrected chi connectivity index (χ0v) is 15.9. The first-order valence-electron chi connectivity index (χ1n) is 9.61. The number of benzene rings is 2. The minimum Gasteiger partial charge on any atom is -0.494 e. The minimum absolute atomic E-state index is 0.175. The second-order valence-corrected chi connectivity index (χ2v) is 6.82. The fourth-order valence-electron chi connectivity index (χ4n) is 3.39. The molecule has 0 aromatic heterocycles. The van der Waals surface area contributed by atoms with E-state index in [1.807, 2.05) is 30.0 Å². The summed E-state index contributed by atoms with van der Waals surface area (Å²) >= 11 is 0. The second-order valence-electron chi connectivity index (χ2n) is 6.82. The van der Waals surface area contributed by atoms with Crippen LogP contribution in [0.1, 0.15) is 24.5 Å². The lowest BCUT2D eigenvalue weighted by atomic mass is 10.1. The highest BCUT2D eigenvalue weighted by atomic mass is 19.1.